The average molecular weight is 302 g/mol. The second-order valence-electron chi connectivity index (χ2n) is 5.04. The first-order valence-electron chi connectivity index (χ1n) is 6.38. The number of nitrogens with one attached hydrogen (secondary N) is 1. The van der Waals surface area contributed by atoms with Crippen LogP contribution in [-0.4, -0.2) is 28.1 Å². The topological polar surface area (TPSA) is 116 Å². The van der Waals surface area contributed by atoms with Gasteiger partial charge in [0.05, 0.1) is 17.3 Å². The van der Waals surface area contributed by atoms with E-state index in [1.54, 1.807) is 6.20 Å². The first kappa shape index (κ1) is 16.5. The van der Waals surface area contributed by atoms with Crippen LogP contribution in [0.3, 0.4) is 0 Å². The molecule has 0 atom stereocenters. The molecule has 0 aliphatic heterocycles. The molecule has 0 unspecified atom stereocenters. The molecule has 5 N–H and O–H groups in total. The number of rotatable bonds is 5. The summed E-state index contributed by atoms with van der Waals surface area (Å²) >= 11 is 0. The second-order valence-corrected chi connectivity index (χ2v) is 5.04. The molecule has 0 radical (unpaired) electrons. The van der Waals surface area contributed by atoms with Gasteiger partial charge in [0.1, 0.15) is 6.54 Å². The zero-order chi connectivity index (χ0) is 13.9. The Morgan fingerprint density at radius 3 is 2.60 bits per heavy atom. The van der Waals surface area contributed by atoms with Gasteiger partial charge in [0.15, 0.2) is 0 Å². The molecule has 20 heavy (non-hydrogen) atoms. The van der Waals surface area contributed by atoms with Crippen molar-refractivity contribution in [2.45, 2.75) is 32.2 Å². The van der Waals surface area contributed by atoms with E-state index >= 15 is 0 Å². The normalized spacial score (nSPS) is 16.4. The van der Waals surface area contributed by atoms with E-state index < -0.39 is 11.3 Å². The van der Waals surface area contributed by atoms with Gasteiger partial charge in [0, 0.05) is 12.7 Å². The van der Waals surface area contributed by atoms with Crippen molar-refractivity contribution < 1.29 is 9.59 Å². The standard InChI is InChI=1S/C12H19N5O2.ClH/c13-8-12(3-1-2-4-12)11(19)16-9-5-15-17(6-9)7-10(14)18;/h5-6H,1-4,7-8,13H2,(H2,14,18)(H,16,19);1H. The first-order valence-corrected chi connectivity index (χ1v) is 6.38. The lowest BCUT2D eigenvalue weighted by Crippen LogP contribution is -2.40. The summed E-state index contributed by atoms with van der Waals surface area (Å²) in [7, 11) is 0. The van der Waals surface area contributed by atoms with E-state index in [-0.39, 0.29) is 24.9 Å². The molecular weight excluding hydrogens is 282 g/mol. The number of aromatic nitrogens is 2. The lowest BCUT2D eigenvalue weighted by Gasteiger charge is -2.25. The van der Waals surface area contributed by atoms with Gasteiger partial charge in [-0.1, -0.05) is 12.8 Å². The maximum absolute atomic E-state index is 12.3. The third kappa shape index (κ3) is 3.49. The fourth-order valence-corrected chi connectivity index (χ4v) is 2.51. The Labute approximate surface area is 123 Å². The molecule has 8 heteroatoms. The molecule has 0 aromatic carbocycles. The Bertz CT molecular complexity index is 482. The highest BCUT2D eigenvalue weighted by atomic mass is 35.5. The number of nitrogens with zero attached hydrogens (tertiary/aromatic N) is 2. The van der Waals surface area contributed by atoms with Gasteiger partial charge < -0.3 is 16.8 Å². The van der Waals surface area contributed by atoms with Gasteiger partial charge in [-0.25, -0.2) is 0 Å². The monoisotopic (exact) mass is 301 g/mol. The number of hydrogen-bond acceptors (Lipinski definition) is 4. The van der Waals surface area contributed by atoms with Gasteiger partial charge in [-0.15, -0.1) is 12.4 Å². The van der Waals surface area contributed by atoms with Crippen LogP contribution in [0.25, 0.3) is 0 Å². The Balaban J connectivity index is 0.00000200. The maximum Gasteiger partial charge on any atom is 0.239 e. The lowest BCUT2D eigenvalue weighted by molar-refractivity contribution is -0.124. The minimum absolute atomic E-state index is 0. The molecule has 1 saturated carbocycles. The van der Waals surface area contributed by atoms with Crippen molar-refractivity contribution in [1.82, 2.24) is 9.78 Å². The van der Waals surface area contributed by atoms with Crippen molar-refractivity contribution in [3.63, 3.8) is 0 Å². The summed E-state index contributed by atoms with van der Waals surface area (Å²) in [5.74, 6) is -0.540. The van der Waals surface area contributed by atoms with Crippen LogP contribution >= 0.6 is 12.4 Å². The van der Waals surface area contributed by atoms with Crippen molar-refractivity contribution in [1.29, 1.82) is 0 Å². The van der Waals surface area contributed by atoms with Crippen molar-refractivity contribution in [3.8, 4) is 0 Å². The third-order valence-corrected chi connectivity index (χ3v) is 3.64. The predicted molar refractivity (Wildman–Crippen MR) is 77.3 cm³/mol. The number of anilines is 1. The lowest BCUT2D eigenvalue weighted by atomic mass is 9.85. The van der Waals surface area contributed by atoms with Crippen molar-refractivity contribution in [2.75, 3.05) is 11.9 Å². The second kappa shape index (κ2) is 6.71. The largest absolute Gasteiger partial charge is 0.368 e. The predicted octanol–water partition coefficient (Wildman–Crippen LogP) is 0.248. The minimum atomic E-state index is -0.477. The van der Waals surface area contributed by atoms with E-state index in [2.05, 4.69) is 10.4 Å². The Morgan fingerprint density at radius 1 is 1.40 bits per heavy atom. The quantitative estimate of drug-likeness (QED) is 0.722. The van der Waals surface area contributed by atoms with E-state index in [4.69, 9.17) is 11.5 Å². The fraction of sp³-hybridized carbons (Fsp3) is 0.583. The molecule has 112 valence electrons. The third-order valence-electron chi connectivity index (χ3n) is 3.64. The summed E-state index contributed by atoms with van der Waals surface area (Å²) in [6, 6.07) is 0. The number of carbonyl (C=O) groups is 2. The summed E-state index contributed by atoms with van der Waals surface area (Å²) in [6.45, 7) is 0.353. The fourth-order valence-electron chi connectivity index (χ4n) is 2.51. The molecular formula is C12H20ClN5O2. The zero-order valence-electron chi connectivity index (χ0n) is 11.2. The number of primary amides is 1. The van der Waals surface area contributed by atoms with Crippen LogP contribution in [-0.2, 0) is 16.1 Å². The van der Waals surface area contributed by atoms with Crippen LogP contribution in [0.4, 0.5) is 5.69 Å². The van der Waals surface area contributed by atoms with E-state index in [0.717, 1.165) is 25.7 Å². The first-order chi connectivity index (χ1) is 9.05. The van der Waals surface area contributed by atoms with Gasteiger partial charge in [0.2, 0.25) is 11.8 Å². The zero-order valence-corrected chi connectivity index (χ0v) is 12.0. The van der Waals surface area contributed by atoms with E-state index in [0.29, 0.717) is 12.2 Å². The molecule has 1 aliphatic carbocycles. The summed E-state index contributed by atoms with van der Waals surface area (Å²) < 4.78 is 1.39. The van der Waals surface area contributed by atoms with Crippen LogP contribution in [0.15, 0.2) is 12.4 Å². The van der Waals surface area contributed by atoms with Crippen LogP contribution in [0.1, 0.15) is 25.7 Å². The van der Waals surface area contributed by atoms with Gasteiger partial charge in [-0.2, -0.15) is 5.10 Å². The molecule has 7 nitrogen and oxygen atoms in total. The average Bonchev–Trinajstić information content (AvgIpc) is 2.98. The smallest absolute Gasteiger partial charge is 0.239 e. The summed E-state index contributed by atoms with van der Waals surface area (Å²) in [6.07, 6.45) is 6.80. The van der Waals surface area contributed by atoms with Gasteiger partial charge in [-0.3, -0.25) is 14.3 Å². The molecule has 1 aliphatic rings. The highest BCUT2D eigenvalue weighted by Crippen LogP contribution is 2.38. The van der Waals surface area contributed by atoms with Crippen molar-refractivity contribution in [3.05, 3.63) is 12.4 Å². The minimum Gasteiger partial charge on any atom is -0.368 e. The summed E-state index contributed by atoms with van der Waals surface area (Å²) in [5, 5.41) is 6.77. The Hall–Kier alpha value is -1.60. The Morgan fingerprint density at radius 2 is 2.05 bits per heavy atom. The summed E-state index contributed by atoms with van der Waals surface area (Å²) in [5.41, 5.74) is 10.9. The molecule has 1 aromatic heterocycles. The van der Waals surface area contributed by atoms with Crippen molar-refractivity contribution >= 4 is 29.9 Å². The van der Waals surface area contributed by atoms with Crippen LogP contribution in [0.2, 0.25) is 0 Å². The number of carbonyl (C=O) groups excluding carboxylic acids is 2. The highest BCUT2D eigenvalue weighted by Gasteiger charge is 2.39. The van der Waals surface area contributed by atoms with Gasteiger partial charge >= 0.3 is 0 Å². The SMILES string of the molecule is Cl.NCC1(C(=O)Nc2cnn(CC(N)=O)c2)CCCC1. The number of hydrogen-bond donors (Lipinski definition) is 3. The van der Waals surface area contributed by atoms with E-state index in [1.807, 2.05) is 0 Å². The molecule has 2 amide bonds. The van der Waals surface area contributed by atoms with Gasteiger partial charge in [-0.05, 0) is 12.8 Å². The molecule has 0 saturated heterocycles. The molecule has 1 aromatic rings. The van der Waals surface area contributed by atoms with E-state index in [1.165, 1.54) is 10.9 Å². The van der Waals surface area contributed by atoms with E-state index in [9.17, 15) is 9.59 Å². The number of nitrogens with two attached hydrogens (primary N) is 2. The maximum atomic E-state index is 12.3. The molecule has 1 heterocycles. The summed E-state index contributed by atoms with van der Waals surface area (Å²) in [4.78, 5) is 23.0. The highest BCUT2D eigenvalue weighted by molar-refractivity contribution is 5.95. The molecule has 2 rings (SSSR count). The Kier molecular flexibility index (Phi) is 5.52. The molecule has 0 spiro atoms. The van der Waals surface area contributed by atoms with Crippen LogP contribution < -0.4 is 16.8 Å². The molecule has 0 bridgehead atoms. The number of amides is 2. The number of halogens is 1. The molecule has 1 fully saturated rings. The van der Waals surface area contributed by atoms with Gasteiger partial charge in [0.25, 0.3) is 0 Å². The van der Waals surface area contributed by atoms with Crippen molar-refractivity contribution in [2.24, 2.45) is 16.9 Å². The van der Waals surface area contributed by atoms with Crippen LogP contribution in [0.5, 0.6) is 0 Å². The van der Waals surface area contributed by atoms with Crippen LogP contribution in [0, 0.1) is 5.41 Å².